The first-order chi connectivity index (χ1) is 11.4. The summed E-state index contributed by atoms with van der Waals surface area (Å²) in [5.74, 6) is -2.01. The van der Waals surface area contributed by atoms with Crippen molar-refractivity contribution in [1.82, 2.24) is 4.90 Å². The van der Waals surface area contributed by atoms with E-state index in [1.165, 1.54) is 17.9 Å². The van der Waals surface area contributed by atoms with Gasteiger partial charge in [-0.2, -0.15) is 0 Å². The lowest BCUT2D eigenvalue weighted by molar-refractivity contribution is -0.174. The number of carbonyl (C=O) groups excluding carboxylic acids is 3. The van der Waals surface area contributed by atoms with E-state index in [1.54, 1.807) is 32.9 Å². The molecule has 136 valence electrons. The van der Waals surface area contributed by atoms with Crippen LogP contribution in [0.5, 0.6) is 0 Å². The van der Waals surface area contributed by atoms with Gasteiger partial charge < -0.3 is 14.4 Å². The molecule has 0 unspecified atom stereocenters. The zero-order valence-corrected chi connectivity index (χ0v) is 15.2. The van der Waals surface area contributed by atoms with Crippen LogP contribution in [0, 0.1) is 0 Å². The Labute approximate surface area is 144 Å². The van der Waals surface area contributed by atoms with Gasteiger partial charge in [0.05, 0.1) is 13.2 Å². The Kier molecular flexibility index (Phi) is 10.4. The number of nitrogens with zero attached hydrogens (tertiary/aromatic N) is 1. The molecule has 0 N–H and O–H groups in total. The van der Waals surface area contributed by atoms with E-state index in [0.29, 0.717) is 6.42 Å². The van der Waals surface area contributed by atoms with Crippen molar-refractivity contribution in [3.05, 3.63) is 24.8 Å². The lowest BCUT2D eigenvalue weighted by Gasteiger charge is -2.37. The Balaban J connectivity index is 5.86. The predicted molar refractivity (Wildman–Crippen MR) is 92.2 cm³/mol. The van der Waals surface area contributed by atoms with Crippen molar-refractivity contribution >= 4 is 17.8 Å². The van der Waals surface area contributed by atoms with Gasteiger partial charge in [0, 0.05) is 13.5 Å². The van der Waals surface area contributed by atoms with Crippen LogP contribution < -0.4 is 0 Å². The molecule has 0 rings (SSSR count). The minimum Gasteiger partial charge on any atom is -0.464 e. The van der Waals surface area contributed by atoms with Crippen molar-refractivity contribution in [3.63, 3.8) is 0 Å². The summed E-state index contributed by atoms with van der Waals surface area (Å²) in [6.07, 6.45) is 6.93. The van der Waals surface area contributed by atoms with E-state index in [4.69, 9.17) is 9.47 Å². The molecule has 1 amide bonds. The molecule has 6 nitrogen and oxygen atoms in total. The number of hydrogen-bond acceptors (Lipinski definition) is 5. The Morgan fingerprint density at radius 1 is 1.08 bits per heavy atom. The van der Waals surface area contributed by atoms with Crippen molar-refractivity contribution in [3.8, 4) is 0 Å². The lowest BCUT2D eigenvalue weighted by atomic mass is 9.95. The number of hydrogen-bond donors (Lipinski definition) is 0. The fraction of sp³-hybridized carbons (Fsp3) is 0.611. The topological polar surface area (TPSA) is 72.9 Å². The van der Waals surface area contributed by atoms with Crippen molar-refractivity contribution in [2.24, 2.45) is 0 Å². The molecule has 0 atom stereocenters. The predicted octanol–water partition coefficient (Wildman–Crippen LogP) is 2.63. The summed E-state index contributed by atoms with van der Waals surface area (Å²) in [6.45, 7) is 10.4. The maximum atomic E-state index is 12.6. The number of amides is 1. The average molecular weight is 339 g/mol. The smallest absolute Gasteiger partial charge is 0.348 e. The third-order valence-electron chi connectivity index (χ3n) is 3.43. The van der Waals surface area contributed by atoms with Crippen molar-refractivity contribution in [2.45, 2.75) is 52.5 Å². The van der Waals surface area contributed by atoms with Gasteiger partial charge in [0.2, 0.25) is 5.91 Å². The highest BCUT2D eigenvalue weighted by Crippen LogP contribution is 2.24. The van der Waals surface area contributed by atoms with E-state index in [2.05, 4.69) is 6.58 Å². The summed E-state index contributed by atoms with van der Waals surface area (Å²) in [5.41, 5.74) is -1.89. The number of carbonyl (C=O) groups is 3. The van der Waals surface area contributed by atoms with E-state index in [-0.39, 0.29) is 19.8 Å². The van der Waals surface area contributed by atoms with Crippen LogP contribution in [0.2, 0.25) is 0 Å². The molecular weight excluding hydrogens is 310 g/mol. The summed E-state index contributed by atoms with van der Waals surface area (Å²) in [6, 6.07) is 0. The largest absolute Gasteiger partial charge is 0.464 e. The van der Waals surface area contributed by atoms with Crippen LogP contribution in [0.25, 0.3) is 0 Å². The second kappa shape index (κ2) is 11.4. The molecule has 0 fully saturated rings. The van der Waals surface area contributed by atoms with E-state index in [1.807, 2.05) is 0 Å². The third-order valence-corrected chi connectivity index (χ3v) is 3.43. The molecule has 0 radical (unpaired) electrons. The fourth-order valence-electron chi connectivity index (χ4n) is 2.39. The lowest BCUT2D eigenvalue weighted by Crippen LogP contribution is -2.62. The first-order valence-electron chi connectivity index (χ1n) is 8.29. The van der Waals surface area contributed by atoms with Gasteiger partial charge in [-0.15, -0.1) is 6.58 Å². The molecule has 0 bridgehead atoms. The normalized spacial score (nSPS) is 11.2. The highest BCUT2D eigenvalue weighted by Gasteiger charge is 2.53. The van der Waals surface area contributed by atoms with Crippen LogP contribution in [-0.4, -0.2) is 48.0 Å². The molecule has 0 aromatic carbocycles. The standard InChI is InChI=1S/C18H29NO5/c1-6-10-11-12-14-19(15(5)20)18(13-7-2,16(21)23-8-3)17(22)24-9-4/h6-7,13H,1,8-12,14H2,2-5H3. The summed E-state index contributed by atoms with van der Waals surface area (Å²) < 4.78 is 10.2. The maximum absolute atomic E-state index is 12.6. The Hall–Kier alpha value is -2.11. The van der Waals surface area contributed by atoms with Gasteiger partial charge in [-0.1, -0.05) is 12.2 Å². The van der Waals surface area contributed by atoms with Crippen LogP contribution in [0.15, 0.2) is 24.8 Å². The monoisotopic (exact) mass is 339 g/mol. The summed E-state index contributed by atoms with van der Waals surface area (Å²) >= 11 is 0. The number of esters is 2. The number of unbranched alkanes of at least 4 members (excludes halogenated alkanes) is 2. The molecule has 0 saturated carbocycles. The van der Waals surface area contributed by atoms with Crippen LogP contribution in [0.3, 0.4) is 0 Å². The van der Waals surface area contributed by atoms with E-state index < -0.39 is 23.4 Å². The highest BCUT2D eigenvalue weighted by molar-refractivity contribution is 6.10. The van der Waals surface area contributed by atoms with Gasteiger partial charge >= 0.3 is 11.9 Å². The second-order valence-corrected chi connectivity index (χ2v) is 5.16. The van der Waals surface area contributed by atoms with Crippen LogP contribution >= 0.6 is 0 Å². The molecule has 0 aliphatic heterocycles. The van der Waals surface area contributed by atoms with Crippen LogP contribution in [-0.2, 0) is 23.9 Å². The highest BCUT2D eigenvalue weighted by atomic mass is 16.6. The average Bonchev–Trinajstić information content (AvgIpc) is 2.53. The van der Waals surface area contributed by atoms with Gasteiger partial charge in [0.25, 0.3) is 5.54 Å². The summed E-state index contributed by atoms with van der Waals surface area (Å²) in [4.78, 5) is 38.7. The first kappa shape index (κ1) is 21.9. The molecule has 0 aliphatic rings. The Bertz CT molecular complexity index is 452. The molecule has 0 aromatic rings. The maximum Gasteiger partial charge on any atom is 0.348 e. The SMILES string of the molecule is C=CCCCCN(C(C)=O)C(C=CC)(C(=O)OCC)C(=O)OCC. The van der Waals surface area contributed by atoms with Crippen LogP contribution in [0.4, 0.5) is 0 Å². The molecular formula is C18H29NO5. The van der Waals surface area contributed by atoms with Gasteiger partial charge in [-0.3, -0.25) is 4.79 Å². The van der Waals surface area contributed by atoms with Crippen molar-refractivity contribution in [2.75, 3.05) is 19.8 Å². The first-order valence-corrected chi connectivity index (χ1v) is 8.29. The molecule has 6 heteroatoms. The molecule has 0 saturated heterocycles. The molecule has 0 aromatic heterocycles. The zero-order valence-electron chi connectivity index (χ0n) is 15.2. The minimum atomic E-state index is -1.89. The van der Waals surface area contributed by atoms with Crippen molar-refractivity contribution in [1.29, 1.82) is 0 Å². The quantitative estimate of drug-likeness (QED) is 0.250. The molecule has 0 heterocycles. The summed E-state index contributed by atoms with van der Waals surface area (Å²) in [7, 11) is 0. The zero-order chi connectivity index (χ0) is 18.6. The number of rotatable bonds is 11. The van der Waals surface area contributed by atoms with Crippen molar-refractivity contribution < 1.29 is 23.9 Å². The molecule has 24 heavy (non-hydrogen) atoms. The minimum absolute atomic E-state index is 0.0970. The Morgan fingerprint density at radius 3 is 2.00 bits per heavy atom. The number of ether oxygens (including phenoxy) is 2. The molecule has 0 spiro atoms. The van der Waals surface area contributed by atoms with Crippen LogP contribution in [0.1, 0.15) is 47.0 Å². The van der Waals surface area contributed by atoms with E-state index >= 15 is 0 Å². The van der Waals surface area contributed by atoms with E-state index in [9.17, 15) is 14.4 Å². The Morgan fingerprint density at radius 2 is 1.62 bits per heavy atom. The summed E-state index contributed by atoms with van der Waals surface area (Å²) in [5, 5.41) is 0. The van der Waals surface area contributed by atoms with Gasteiger partial charge in [0.1, 0.15) is 0 Å². The third kappa shape index (κ3) is 5.51. The second-order valence-electron chi connectivity index (χ2n) is 5.16. The molecule has 0 aliphatic carbocycles. The van der Waals surface area contributed by atoms with E-state index in [0.717, 1.165) is 12.8 Å². The van der Waals surface area contributed by atoms with Gasteiger partial charge in [-0.25, -0.2) is 9.59 Å². The fourth-order valence-corrected chi connectivity index (χ4v) is 2.39. The van der Waals surface area contributed by atoms with Gasteiger partial charge in [0.15, 0.2) is 0 Å². The van der Waals surface area contributed by atoms with Gasteiger partial charge in [-0.05, 0) is 46.1 Å². The number of allylic oxidation sites excluding steroid dienone is 2.